The monoisotopic (exact) mass is 330 g/mol. The number of rotatable bonds is 2. The van der Waals surface area contributed by atoms with E-state index in [1.54, 1.807) is 0 Å². The minimum Gasteiger partial charge on any atom is -0.417 e. The highest BCUT2D eigenvalue weighted by Gasteiger charge is 2.39. The normalized spacial score (nSPS) is 17.4. The van der Waals surface area contributed by atoms with Crippen LogP contribution in [0.1, 0.15) is 36.1 Å². The molecule has 2 aromatic rings. The molecule has 22 heavy (non-hydrogen) atoms. The van der Waals surface area contributed by atoms with Crippen LogP contribution in [-0.2, 0) is 6.18 Å². The van der Waals surface area contributed by atoms with E-state index in [1.807, 2.05) is 13.1 Å². The zero-order valence-electron chi connectivity index (χ0n) is 11.8. The van der Waals surface area contributed by atoms with Crippen molar-refractivity contribution in [1.82, 2.24) is 15.2 Å². The lowest BCUT2D eigenvalue weighted by molar-refractivity contribution is -0.157. The van der Waals surface area contributed by atoms with E-state index in [9.17, 15) is 13.2 Å². The number of nitrogens with zero attached hydrogens (tertiary/aromatic N) is 4. The van der Waals surface area contributed by atoms with E-state index in [4.69, 9.17) is 4.42 Å². The van der Waals surface area contributed by atoms with Crippen LogP contribution in [0.4, 0.5) is 18.7 Å². The summed E-state index contributed by atoms with van der Waals surface area (Å²) < 4.78 is 42.2. The maximum atomic E-state index is 12.5. The molecule has 0 aromatic carbocycles. The first-order chi connectivity index (χ1) is 10.4. The summed E-state index contributed by atoms with van der Waals surface area (Å²) in [4.78, 5) is 6.56. The number of anilines is 1. The van der Waals surface area contributed by atoms with Gasteiger partial charge in [0, 0.05) is 25.2 Å². The summed E-state index contributed by atoms with van der Waals surface area (Å²) in [6, 6.07) is 0. The molecule has 1 fully saturated rings. The smallest absolute Gasteiger partial charge is 0.417 e. The molecule has 118 valence electrons. The number of aryl methyl sites for hydroxylation is 1. The van der Waals surface area contributed by atoms with Gasteiger partial charge in [-0.25, -0.2) is 4.98 Å². The van der Waals surface area contributed by atoms with Gasteiger partial charge in [0.05, 0.1) is 0 Å². The van der Waals surface area contributed by atoms with E-state index >= 15 is 0 Å². The third kappa shape index (κ3) is 3.21. The summed E-state index contributed by atoms with van der Waals surface area (Å²) in [5.41, 5.74) is 2.11. The number of aromatic nitrogens is 3. The van der Waals surface area contributed by atoms with Crippen LogP contribution in [0.15, 0.2) is 16.4 Å². The number of halogens is 3. The second-order valence-electron chi connectivity index (χ2n) is 5.26. The van der Waals surface area contributed by atoms with Gasteiger partial charge in [0.15, 0.2) is 5.55 Å². The molecule has 0 radical (unpaired) electrons. The quantitative estimate of drug-likeness (QED) is 0.839. The first-order valence-electron chi connectivity index (χ1n) is 6.87. The highest BCUT2D eigenvalue weighted by atomic mass is 31.0. The van der Waals surface area contributed by atoms with Gasteiger partial charge in [0.2, 0.25) is 5.89 Å². The Morgan fingerprint density at radius 3 is 2.55 bits per heavy atom. The molecule has 0 saturated carbocycles. The van der Waals surface area contributed by atoms with Gasteiger partial charge >= 0.3 is 12.1 Å². The zero-order valence-corrected chi connectivity index (χ0v) is 12.7. The van der Waals surface area contributed by atoms with Crippen LogP contribution in [0.2, 0.25) is 0 Å². The molecule has 0 spiro atoms. The Labute approximate surface area is 126 Å². The van der Waals surface area contributed by atoms with Crippen molar-refractivity contribution in [2.24, 2.45) is 0 Å². The van der Waals surface area contributed by atoms with Crippen molar-refractivity contribution in [2.45, 2.75) is 31.9 Å². The Hall–Kier alpha value is -1.69. The van der Waals surface area contributed by atoms with Crippen LogP contribution in [-0.4, -0.2) is 28.3 Å². The molecule has 9 heteroatoms. The van der Waals surface area contributed by atoms with Crippen LogP contribution in [0.5, 0.6) is 0 Å². The van der Waals surface area contributed by atoms with Crippen LogP contribution >= 0.6 is 8.19 Å². The predicted molar refractivity (Wildman–Crippen MR) is 75.0 cm³/mol. The number of piperidine rings is 1. The molecule has 1 aliphatic heterocycles. The van der Waals surface area contributed by atoms with E-state index in [-0.39, 0.29) is 11.8 Å². The average Bonchev–Trinajstić information content (AvgIpc) is 2.98. The van der Waals surface area contributed by atoms with Crippen molar-refractivity contribution in [3.63, 3.8) is 0 Å². The van der Waals surface area contributed by atoms with E-state index < -0.39 is 12.1 Å². The lowest BCUT2D eigenvalue weighted by Crippen LogP contribution is -2.33. The molecule has 1 saturated heterocycles. The lowest BCUT2D eigenvalue weighted by atomic mass is 9.97. The van der Waals surface area contributed by atoms with Gasteiger partial charge in [0.1, 0.15) is 0 Å². The summed E-state index contributed by atoms with van der Waals surface area (Å²) in [7, 11) is 1.05. The van der Waals surface area contributed by atoms with Gasteiger partial charge in [-0.2, -0.15) is 13.2 Å². The summed E-state index contributed by atoms with van der Waals surface area (Å²) in [5.74, 6) is 0.775. The molecular formula is C13H14F3N4OP. The van der Waals surface area contributed by atoms with E-state index in [0.717, 1.165) is 32.4 Å². The molecule has 3 heterocycles. The molecule has 0 atom stereocenters. The van der Waals surface area contributed by atoms with Crippen LogP contribution in [0.25, 0.3) is 0 Å². The fraction of sp³-hybridized carbons (Fsp3) is 0.538. The van der Waals surface area contributed by atoms with Crippen molar-refractivity contribution in [1.29, 1.82) is 0 Å². The molecule has 0 unspecified atom stereocenters. The van der Waals surface area contributed by atoms with Gasteiger partial charge in [-0.3, -0.25) is 0 Å². The van der Waals surface area contributed by atoms with E-state index in [2.05, 4.69) is 25.9 Å². The first-order valence-corrected chi connectivity index (χ1v) is 7.84. The Balaban J connectivity index is 1.64. The van der Waals surface area contributed by atoms with Gasteiger partial charge in [0.25, 0.3) is 0 Å². The fourth-order valence-corrected chi connectivity index (χ4v) is 3.26. The molecular weight excluding hydrogens is 316 g/mol. The van der Waals surface area contributed by atoms with Crippen molar-refractivity contribution in [3.05, 3.63) is 29.3 Å². The molecule has 0 aliphatic carbocycles. The molecule has 0 N–H and O–H groups in total. The number of hydrogen-bond donors (Lipinski definition) is 0. The predicted octanol–water partition coefficient (Wildman–Crippen LogP) is 3.76. The fourth-order valence-electron chi connectivity index (χ4n) is 2.39. The number of alkyl halides is 3. The Kier molecular flexibility index (Phi) is 4.04. The molecule has 3 rings (SSSR count). The summed E-state index contributed by atoms with van der Waals surface area (Å²) >= 11 is 0. The second kappa shape index (κ2) is 5.83. The van der Waals surface area contributed by atoms with E-state index in [0.29, 0.717) is 12.8 Å². The van der Waals surface area contributed by atoms with Crippen LogP contribution in [0, 0.1) is 6.92 Å². The van der Waals surface area contributed by atoms with Crippen molar-refractivity contribution in [3.8, 4) is 0 Å². The van der Waals surface area contributed by atoms with Crippen LogP contribution < -0.4 is 4.90 Å². The maximum Gasteiger partial charge on any atom is 0.470 e. The standard InChI is InChI=1S/C13H14F3N4OP/c1-8-6-17-12(22-7-8)20-4-2-9(3-5-20)10-18-19-11(21-10)13(14,15)16/h6-7,9H,2-5H2,1H3. The zero-order chi connectivity index (χ0) is 15.7. The summed E-state index contributed by atoms with van der Waals surface area (Å²) in [5, 5.41) is 6.64. The van der Waals surface area contributed by atoms with Crippen molar-refractivity contribution in [2.75, 3.05) is 18.0 Å². The average molecular weight is 330 g/mol. The number of hydrogen-bond acceptors (Lipinski definition) is 5. The van der Waals surface area contributed by atoms with Gasteiger partial charge in [-0.1, -0.05) is 0 Å². The Morgan fingerprint density at radius 1 is 1.27 bits per heavy atom. The first kappa shape index (κ1) is 15.2. The Morgan fingerprint density at radius 2 is 2.00 bits per heavy atom. The minimum atomic E-state index is -4.58. The SMILES string of the molecule is Cc1cnc(N2CCC(c3nnc(C(F)(F)F)o3)CC2)pc1. The molecule has 2 aromatic heterocycles. The third-order valence-corrected chi connectivity index (χ3v) is 4.74. The van der Waals surface area contributed by atoms with Gasteiger partial charge in [-0.05, 0) is 39.3 Å². The molecule has 0 amide bonds. The van der Waals surface area contributed by atoms with Gasteiger partial charge < -0.3 is 9.32 Å². The largest absolute Gasteiger partial charge is 0.470 e. The maximum absolute atomic E-state index is 12.5. The lowest BCUT2D eigenvalue weighted by Gasteiger charge is -2.30. The minimum absolute atomic E-state index is 0.0809. The third-order valence-electron chi connectivity index (χ3n) is 3.58. The van der Waals surface area contributed by atoms with Crippen molar-refractivity contribution >= 4 is 13.7 Å². The summed E-state index contributed by atoms with van der Waals surface area (Å²) in [6.07, 6.45) is -1.40. The highest BCUT2D eigenvalue weighted by Crippen LogP contribution is 2.34. The molecule has 1 aliphatic rings. The van der Waals surface area contributed by atoms with Crippen molar-refractivity contribution < 1.29 is 17.6 Å². The molecule has 0 bridgehead atoms. The Bertz CT molecular complexity index is 635. The second-order valence-corrected chi connectivity index (χ2v) is 6.18. The van der Waals surface area contributed by atoms with Crippen LogP contribution in [0.3, 0.4) is 0 Å². The highest BCUT2D eigenvalue weighted by molar-refractivity contribution is 7.33. The summed E-state index contributed by atoms with van der Waals surface area (Å²) in [6.45, 7) is 3.44. The molecule has 5 nitrogen and oxygen atoms in total. The topological polar surface area (TPSA) is 55.1 Å². The van der Waals surface area contributed by atoms with Gasteiger partial charge in [-0.15, -0.1) is 10.2 Å². The van der Waals surface area contributed by atoms with E-state index in [1.165, 1.54) is 0 Å².